The van der Waals surface area contributed by atoms with Gasteiger partial charge in [0.05, 0.1) is 12.5 Å². The number of phenols is 1. The van der Waals surface area contributed by atoms with Crippen molar-refractivity contribution in [2.24, 2.45) is 5.73 Å². The third-order valence-electron chi connectivity index (χ3n) is 1.70. The van der Waals surface area contributed by atoms with Crippen LogP contribution < -0.4 is 5.73 Å². The second-order valence-corrected chi connectivity index (χ2v) is 2.67. The van der Waals surface area contributed by atoms with E-state index in [-0.39, 0.29) is 30.1 Å². The number of halogens is 2. The van der Waals surface area contributed by atoms with Crippen LogP contribution in [0.1, 0.15) is 18.0 Å². The minimum Gasteiger partial charge on any atom is -0.508 e. The summed E-state index contributed by atoms with van der Waals surface area (Å²) in [5.74, 6) is -0.551. The molecule has 0 unspecified atom stereocenters. The summed E-state index contributed by atoms with van der Waals surface area (Å²) in [4.78, 5) is 0. The van der Waals surface area contributed by atoms with Gasteiger partial charge in [-0.05, 0) is 18.2 Å². The first kappa shape index (κ1) is 12.7. The van der Waals surface area contributed by atoms with Gasteiger partial charge in [-0.3, -0.25) is 0 Å². The van der Waals surface area contributed by atoms with Gasteiger partial charge in [0.25, 0.3) is 0 Å². The minimum absolute atomic E-state index is 0. The Balaban J connectivity index is 0.00000169. The Morgan fingerprint density at radius 3 is 2.79 bits per heavy atom. The Morgan fingerprint density at radius 1 is 1.57 bits per heavy atom. The lowest BCUT2D eigenvalue weighted by atomic mass is 10.0. The zero-order chi connectivity index (χ0) is 9.84. The third kappa shape index (κ3) is 2.87. The molecule has 0 saturated heterocycles. The molecule has 0 amide bonds. The molecular weight excluding hydrogens is 207 g/mol. The van der Waals surface area contributed by atoms with E-state index in [9.17, 15) is 9.50 Å². The van der Waals surface area contributed by atoms with Gasteiger partial charge in [0.2, 0.25) is 0 Å². The van der Waals surface area contributed by atoms with Crippen molar-refractivity contribution in [3.63, 3.8) is 0 Å². The number of nitrogens with two attached hydrogens (primary N) is 1. The van der Waals surface area contributed by atoms with Crippen molar-refractivity contribution in [1.29, 1.82) is 5.26 Å². The van der Waals surface area contributed by atoms with E-state index >= 15 is 0 Å². The maximum absolute atomic E-state index is 12.7. The van der Waals surface area contributed by atoms with E-state index in [0.717, 1.165) is 12.1 Å². The summed E-state index contributed by atoms with van der Waals surface area (Å²) in [6.45, 7) is 0. The van der Waals surface area contributed by atoms with Crippen LogP contribution in [-0.2, 0) is 0 Å². The fourth-order valence-corrected chi connectivity index (χ4v) is 1.03. The highest BCUT2D eigenvalue weighted by Crippen LogP contribution is 2.24. The largest absolute Gasteiger partial charge is 0.508 e. The Labute approximate surface area is 87.4 Å². The second kappa shape index (κ2) is 5.43. The molecule has 0 spiro atoms. The maximum atomic E-state index is 12.7. The molecule has 0 aliphatic heterocycles. The average Bonchev–Trinajstić information content (AvgIpc) is 2.09. The topological polar surface area (TPSA) is 70.0 Å². The molecule has 0 bridgehead atoms. The lowest BCUT2D eigenvalue weighted by molar-refractivity contribution is 0.459. The fourth-order valence-electron chi connectivity index (χ4n) is 1.03. The smallest absolute Gasteiger partial charge is 0.123 e. The van der Waals surface area contributed by atoms with Crippen LogP contribution >= 0.6 is 12.4 Å². The van der Waals surface area contributed by atoms with Gasteiger partial charge >= 0.3 is 0 Å². The number of aromatic hydroxyl groups is 1. The van der Waals surface area contributed by atoms with E-state index in [1.54, 1.807) is 0 Å². The molecular formula is C9H10ClFN2O. The van der Waals surface area contributed by atoms with Crippen molar-refractivity contribution in [2.75, 3.05) is 0 Å². The van der Waals surface area contributed by atoms with Crippen LogP contribution in [0.15, 0.2) is 18.2 Å². The van der Waals surface area contributed by atoms with Crippen LogP contribution in [0.5, 0.6) is 5.75 Å². The first-order valence-electron chi connectivity index (χ1n) is 3.76. The van der Waals surface area contributed by atoms with Gasteiger partial charge < -0.3 is 10.8 Å². The first-order valence-corrected chi connectivity index (χ1v) is 3.76. The molecule has 1 aromatic rings. The van der Waals surface area contributed by atoms with Gasteiger partial charge in [-0.15, -0.1) is 12.4 Å². The van der Waals surface area contributed by atoms with Gasteiger partial charge in [-0.2, -0.15) is 5.26 Å². The predicted molar refractivity (Wildman–Crippen MR) is 52.5 cm³/mol. The minimum atomic E-state index is -0.638. The molecule has 3 N–H and O–H groups in total. The molecule has 5 heteroatoms. The molecule has 1 atom stereocenters. The summed E-state index contributed by atoms with van der Waals surface area (Å²) in [6.07, 6.45) is 0.0526. The van der Waals surface area contributed by atoms with E-state index in [0.29, 0.717) is 0 Å². The van der Waals surface area contributed by atoms with Gasteiger partial charge in [0.1, 0.15) is 11.6 Å². The van der Waals surface area contributed by atoms with Crippen molar-refractivity contribution < 1.29 is 9.50 Å². The highest BCUT2D eigenvalue weighted by molar-refractivity contribution is 5.85. The highest BCUT2D eigenvalue weighted by Gasteiger charge is 2.10. The molecule has 0 aliphatic rings. The van der Waals surface area contributed by atoms with Crippen molar-refractivity contribution in [1.82, 2.24) is 0 Å². The van der Waals surface area contributed by atoms with Gasteiger partial charge in [-0.25, -0.2) is 4.39 Å². The quantitative estimate of drug-likeness (QED) is 0.793. The number of hydrogen-bond donors (Lipinski definition) is 2. The normalized spacial score (nSPS) is 11.2. The van der Waals surface area contributed by atoms with Crippen LogP contribution in [0.4, 0.5) is 4.39 Å². The highest BCUT2D eigenvalue weighted by atomic mass is 35.5. The van der Waals surface area contributed by atoms with Crippen molar-refractivity contribution in [3.05, 3.63) is 29.6 Å². The molecule has 1 rings (SSSR count). The zero-order valence-electron chi connectivity index (χ0n) is 7.27. The lowest BCUT2D eigenvalue weighted by Gasteiger charge is -2.09. The molecule has 76 valence electrons. The van der Waals surface area contributed by atoms with Crippen LogP contribution in [-0.4, -0.2) is 5.11 Å². The summed E-state index contributed by atoms with van der Waals surface area (Å²) in [7, 11) is 0. The predicted octanol–water partition coefficient (Wildman–Crippen LogP) is 1.87. The molecule has 0 aromatic heterocycles. The standard InChI is InChI=1S/C9H9FN2O.ClH/c10-6-1-2-9(13)7(5-6)8(12)3-4-11;/h1-2,5,8,13H,3,12H2;1H/t8-;/m0./s1. The van der Waals surface area contributed by atoms with Gasteiger partial charge in [-0.1, -0.05) is 0 Å². The number of hydrogen-bond acceptors (Lipinski definition) is 3. The van der Waals surface area contributed by atoms with Crippen LogP contribution in [0, 0.1) is 17.1 Å². The lowest BCUT2D eigenvalue weighted by Crippen LogP contribution is -2.09. The van der Waals surface area contributed by atoms with E-state index in [2.05, 4.69) is 0 Å². The Morgan fingerprint density at radius 2 is 2.21 bits per heavy atom. The van der Waals surface area contributed by atoms with E-state index in [4.69, 9.17) is 11.0 Å². The van der Waals surface area contributed by atoms with Crippen molar-refractivity contribution >= 4 is 12.4 Å². The Hall–Kier alpha value is -1.31. The molecule has 1 aromatic carbocycles. The molecule has 0 fully saturated rings. The molecule has 0 radical (unpaired) electrons. The average molecular weight is 217 g/mol. The van der Waals surface area contributed by atoms with Gasteiger partial charge in [0, 0.05) is 11.6 Å². The third-order valence-corrected chi connectivity index (χ3v) is 1.70. The van der Waals surface area contributed by atoms with Crippen molar-refractivity contribution in [3.8, 4) is 11.8 Å². The molecule has 0 saturated carbocycles. The number of nitrogens with zero attached hydrogens (tertiary/aromatic N) is 1. The number of benzene rings is 1. The summed E-state index contributed by atoms with van der Waals surface area (Å²) in [5.41, 5.74) is 5.79. The monoisotopic (exact) mass is 216 g/mol. The number of nitriles is 1. The molecule has 0 heterocycles. The summed E-state index contributed by atoms with van der Waals surface area (Å²) in [6, 6.07) is 4.71. The van der Waals surface area contributed by atoms with E-state index in [1.807, 2.05) is 6.07 Å². The van der Waals surface area contributed by atoms with Crippen molar-refractivity contribution in [2.45, 2.75) is 12.5 Å². The first-order chi connectivity index (χ1) is 6.15. The van der Waals surface area contributed by atoms with Gasteiger partial charge in [0.15, 0.2) is 0 Å². The molecule has 14 heavy (non-hydrogen) atoms. The number of rotatable bonds is 2. The zero-order valence-corrected chi connectivity index (χ0v) is 8.09. The summed E-state index contributed by atoms with van der Waals surface area (Å²) < 4.78 is 12.7. The van der Waals surface area contributed by atoms with Crippen LogP contribution in [0.3, 0.4) is 0 Å². The van der Waals surface area contributed by atoms with E-state index < -0.39 is 11.9 Å². The maximum Gasteiger partial charge on any atom is 0.123 e. The van der Waals surface area contributed by atoms with Crippen LogP contribution in [0.25, 0.3) is 0 Å². The molecule has 0 aliphatic carbocycles. The summed E-state index contributed by atoms with van der Waals surface area (Å²) in [5, 5.41) is 17.6. The SMILES string of the molecule is Cl.N#CC[C@H](N)c1cc(F)ccc1O. The second-order valence-electron chi connectivity index (χ2n) is 2.67. The number of phenolic OH excluding ortho intramolecular Hbond substituents is 1. The summed E-state index contributed by atoms with van der Waals surface area (Å²) >= 11 is 0. The molecule has 3 nitrogen and oxygen atoms in total. The van der Waals surface area contributed by atoms with Crippen LogP contribution in [0.2, 0.25) is 0 Å². The van der Waals surface area contributed by atoms with E-state index in [1.165, 1.54) is 6.07 Å². The Kier molecular flexibility index (Phi) is 4.92. The fraction of sp³-hybridized carbons (Fsp3) is 0.222. The Bertz CT molecular complexity index is 351.